The lowest BCUT2D eigenvalue weighted by Gasteiger charge is -2.12. The maximum Gasteiger partial charge on any atom is 0.194 e. The zero-order chi connectivity index (χ0) is 18.8. The van der Waals surface area contributed by atoms with Crippen molar-refractivity contribution in [2.24, 2.45) is 0 Å². The third kappa shape index (κ3) is 3.84. The summed E-state index contributed by atoms with van der Waals surface area (Å²) in [5.41, 5.74) is 2.42. The highest BCUT2D eigenvalue weighted by molar-refractivity contribution is 7.09. The number of hydrogen-bond donors (Lipinski definition) is 1. The van der Waals surface area contributed by atoms with Crippen LogP contribution < -0.4 is 5.32 Å². The van der Waals surface area contributed by atoms with E-state index < -0.39 is 17.5 Å². The monoisotopic (exact) mass is 390 g/mol. The number of benzene rings is 2. The highest BCUT2D eigenvalue weighted by Gasteiger charge is 2.21. The number of aromatic nitrogens is 1. The Morgan fingerprint density at radius 2 is 1.93 bits per heavy atom. The van der Waals surface area contributed by atoms with Crippen molar-refractivity contribution in [3.63, 3.8) is 0 Å². The molecular weight excluding hydrogens is 373 g/mol. The van der Waals surface area contributed by atoms with Gasteiger partial charge in [-0.2, -0.15) is 0 Å². The average molecular weight is 390 g/mol. The van der Waals surface area contributed by atoms with E-state index in [1.165, 1.54) is 0 Å². The van der Waals surface area contributed by atoms with E-state index in [2.05, 4.69) is 10.3 Å². The molecule has 2 aromatic carbocycles. The van der Waals surface area contributed by atoms with Crippen LogP contribution in [0.1, 0.15) is 29.6 Å². The second kappa shape index (κ2) is 7.70. The SMILES string of the molecule is Fc1cc(-c2ccccc2NCc2csc([C@H]3CCCO3)n2)cc(F)c1F. The number of nitrogens with zero attached hydrogens (tertiary/aromatic N) is 1. The van der Waals surface area contributed by atoms with Gasteiger partial charge in [-0.3, -0.25) is 0 Å². The molecule has 0 spiro atoms. The highest BCUT2D eigenvalue weighted by Crippen LogP contribution is 2.32. The summed E-state index contributed by atoms with van der Waals surface area (Å²) in [6.45, 7) is 1.24. The number of halogens is 3. The summed E-state index contributed by atoms with van der Waals surface area (Å²) in [6, 6.07) is 9.11. The van der Waals surface area contributed by atoms with Gasteiger partial charge >= 0.3 is 0 Å². The number of nitrogens with one attached hydrogen (secondary N) is 1. The molecule has 0 unspecified atom stereocenters. The van der Waals surface area contributed by atoms with E-state index in [9.17, 15) is 13.2 Å². The van der Waals surface area contributed by atoms with E-state index in [0.29, 0.717) is 17.8 Å². The Balaban J connectivity index is 1.53. The number of para-hydroxylation sites is 1. The highest BCUT2D eigenvalue weighted by atomic mass is 32.1. The molecule has 1 aliphatic rings. The molecule has 7 heteroatoms. The van der Waals surface area contributed by atoms with Crippen LogP contribution in [0.2, 0.25) is 0 Å². The van der Waals surface area contributed by atoms with Crippen molar-refractivity contribution in [3.8, 4) is 11.1 Å². The molecule has 1 aliphatic heterocycles. The molecule has 1 N–H and O–H groups in total. The van der Waals surface area contributed by atoms with Crippen molar-refractivity contribution >= 4 is 17.0 Å². The summed E-state index contributed by atoms with van der Waals surface area (Å²) in [7, 11) is 0. The van der Waals surface area contributed by atoms with Crippen molar-refractivity contribution in [1.82, 2.24) is 4.98 Å². The third-order valence-corrected chi connectivity index (χ3v) is 5.44. The van der Waals surface area contributed by atoms with Crippen molar-refractivity contribution in [1.29, 1.82) is 0 Å². The minimum Gasteiger partial charge on any atom is -0.379 e. The molecule has 1 saturated heterocycles. The lowest BCUT2D eigenvalue weighted by atomic mass is 10.0. The van der Waals surface area contributed by atoms with Crippen LogP contribution in [-0.2, 0) is 11.3 Å². The van der Waals surface area contributed by atoms with Gasteiger partial charge in [0.2, 0.25) is 0 Å². The summed E-state index contributed by atoms with van der Waals surface area (Å²) in [5.74, 6) is -3.88. The van der Waals surface area contributed by atoms with E-state index in [-0.39, 0.29) is 11.7 Å². The first kappa shape index (κ1) is 18.0. The van der Waals surface area contributed by atoms with Gasteiger partial charge in [-0.25, -0.2) is 18.2 Å². The molecule has 4 rings (SSSR count). The number of anilines is 1. The Kier molecular flexibility index (Phi) is 5.13. The quantitative estimate of drug-likeness (QED) is 0.568. The number of rotatable bonds is 5. The van der Waals surface area contributed by atoms with Gasteiger partial charge in [0.05, 0.1) is 12.2 Å². The van der Waals surface area contributed by atoms with Gasteiger partial charge in [0, 0.05) is 23.2 Å². The Hall–Kier alpha value is -2.38. The molecule has 3 nitrogen and oxygen atoms in total. The fourth-order valence-electron chi connectivity index (χ4n) is 3.11. The molecule has 27 heavy (non-hydrogen) atoms. The summed E-state index contributed by atoms with van der Waals surface area (Å²) < 4.78 is 46.1. The van der Waals surface area contributed by atoms with Crippen LogP contribution in [0.3, 0.4) is 0 Å². The zero-order valence-electron chi connectivity index (χ0n) is 14.3. The fraction of sp³-hybridized carbons (Fsp3) is 0.250. The van der Waals surface area contributed by atoms with E-state index >= 15 is 0 Å². The van der Waals surface area contributed by atoms with Gasteiger partial charge in [-0.05, 0) is 36.6 Å². The molecule has 3 aromatic rings. The van der Waals surface area contributed by atoms with E-state index in [1.807, 2.05) is 17.5 Å². The Morgan fingerprint density at radius 3 is 2.67 bits per heavy atom. The van der Waals surface area contributed by atoms with Gasteiger partial charge in [-0.1, -0.05) is 18.2 Å². The van der Waals surface area contributed by atoms with Gasteiger partial charge in [0.15, 0.2) is 17.5 Å². The van der Waals surface area contributed by atoms with E-state index in [0.717, 1.165) is 42.3 Å². The van der Waals surface area contributed by atoms with Crippen molar-refractivity contribution in [3.05, 3.63) is 69.9 Å². The smallest absolute Gasteiger partial charge is 0.194 e. The topological polar surface area (TPSA) is 34.1 Å². The summed E-state index contributed by atoms with van der Waals surface area (Å²) >= 11 is 1.57. The minimum absolute atomic E-state index is 0.0844. The Labute approximate surface area is 158 Å². The van der Waals surface area contributed by atoms with Gasteiger partial charge < -0.3 is 10.1 Å². The molecule has 1 aromatic heterocycles. The molecule has 2 heterocycles. The largest absolute Gasteiger partial charge is 0.379 e. The first-order valence-electron chi connectivity index (χ1n) is 8.65. The molecular formula is C20H17F3N2OS. The standard InChI is InChI=1S/C20H17F3N2OS/c21-15-8-12(9-16(22)19(15)23)14-4-1-2-5-17(14)24-10-13-11-27-20(25-13)18-6-3-7-26-18/h1-2,4-5,8-9,11,18,24H,3,6-7,10H2/t18-/m1/s1. The molecule has 0 radical (unpaired) electrons. The molecule has 0 aliphatic carbocycles. The second-order valence-electron chi connectivity index (χ2n) is 6.33. The number of hydrogen-bond acceptors (Lipinski definition) is 4. The maximum atomic E-state index is 13.6. The lowest BCUT2D eigenvalue weighted by Crippen LogP contribution is -2.03. The Morgan fingerprint density at radius 1 is 1.15 bits per heavy atom. The minimum atomic E-state index is -1.46. The van der Waals surface area contributed by atoms with Gasteiger partial charge in [-0.15, -0.1) is 11.3 Å². The van der Waals surface area contributed by atoms with Crippen LogP contribution in [0, 0.1) is 17.5 Å². The van der Waals surface area contributed by atoms with Crippen LogP contribution >= 0.6 is 11.3 Å². The normalized spacial score (nSPS) is 16.6. The van der Waals surface area contributed by atoms with Crippen LogP contribution in [0.5, 0.6) is 0 Å². The van der Waals surface area contributed by atoms with Crippen LogP contribution in [-0.4, -0.2) is 11.6 Å². The van der Waals surface area contributed by atoms with E-state index in [1.54, 1.807) is 23.5 Å². The molecule has 1 fully saturated rings. The predicted molar refractivity (Wildman–Crippen MR) is 99.1 cm³/mol. The molecule has 0 bridgehead atoms. The zero-order valence-corrected chi connectivity index (χ0v) is 15.2. The van der Waals surface area contributed by atoms with E-state index in [4.69, 9.17) is 4.74 Å². The van der Waals surface area contributed by atoms with Gasteiger partial charge in [0.25, 0.3) is 0 Å². The van der Waals surface area contributed by atoms with Crippen LogP contribution in [0.25, 0.3) is 11.1 Å². The predicted octanol–water partition coefficient (Wildman–Crippen LogP) is 5.69. The first-order chi connectivity index (χ1) is 13.1. The number of thiazole rings is 1. The number of ether oxygens (including phenoxy) is 1. The summed E-state index contributed by atoms with van der Waals surface area (Å²) in [5, 5.41) is 6.20. The first-order valence-corrected chi connectivity index (χ1v) is 9.53. The fourth-order valence-corrected chi connectivity index (χ4v) is 4.01. The lowest BCUT2D eigenvalue weighted by molar-refractivity contribution is 0.111. The van der Waals surface area contributed by atoms with Gasteiger partial charge in [0.1, 0.15) is 11.1 Å². The maximum absolute atomic E-state index is 13.6. The summed E-state index contributed by atoms with van der Waals surface area (Å²) in [6.07, 6.45) is 2.13. The second-order valence-corrected chi connectivity index (χ2v) is 7.22. The average Bonchev–Trinajstić information content (AvgIpc) is 3.35. The summed E-state index contributed by atoms with van der Waals surface area (Å²) in [4.78, 5) is 4.61. The van der Waals surface area contributed by atoms with Crippen LogP contribution in [0.4, 0.5) is 18.9 Å². The molecule has 1 atom stereocenters. The third-order valence-electron chi connectivity index (χ3n) is 4.46. The molecule has 0 saturated carbocycles. The molecule has 140 valence electrons. The van der Waals surface area contributed by atoms with Crippen molar-refractivity contribution < 1.29 is 17.9 Å². The van der Waals surface area contributed by atoms with Crippen molar-refractivity contribution in [2.75, 3.05) is 11.9 Å². The molecule has 0 amide bonds. The van der Waals surface area contributed by atoms with Crippen LogP contribution in [0.15, 0.2) is 41.8 Å². The Bertz CT molecular complexity index is 931. The van der Waals surface area contributed by atoms with Crippen molar-refractivity contribution in [2.45, 2.75) is 25.5 Å².